The third-order valence-corrected chi connectivity index (χ3v) is 5.13. The van der Waals surface area contributed by atoms with Crippen molar-refractivity contribution in [1.29, 1.82) is 0 Å². The first kappa shape index (κ1) is 23.2. The second-order valence-corrected chi connectivity index (χ2v) is 7.49. The monoisotopic (exact) mass is 362 g/mol. The molecule has 0 rings (SSSR count). The fourth-order valence-corrected chi connectivity index (χ4v) is 3.52. The van der Waals surface area contributed by atoms with Gasteiger partial charge in [0.15, 0.2) is 0 Å². The van der Waals surface area contributed by atoms with E-state index in [1.807, 2.05) is 13.8 Å². The van der Waals surface area contributed by atoms with E-state index in [0.29, 0.717) is 0 Å². The van der Waals surface area contributed by atoms with Crippen LogP contribution < -0.4 is 0 Å². The predicted molar refractivity (Wildman–Crippen MR) is 98.6 cm³/mol. The van der Waals surface area contributed by atoms with E-state index in [9.17, 15) is 9.59 Å². The van der Waals surface area contributed by atoms with Crippen molar-refractivity contribution in [3.63, 3.8) is 0 Å². The van der Waals surface area contributed by atoms with E-state index in [1.54, 1.807) is 0 Å². The van der Waals surface area contributed by atoms with Gasteiger partial charge in [-0.15, -0.1) is 11.6 Å². The topological polar surface area (TPSA) is 74.6 Å². The molecule has 142 valence electrons. The van der Waals surface area contributed by atoms with Gasteiger partial charge in [0.1, 0.15) is 0 Å². The zero-order chi connectivity index (χ0) is 18.4. The van der Waals surface area contributed by atoms with Crippen LogP contribution in [0.3, 0.4) is 0 Å². The molecule has 0 aliphatic rings. The van der Waals surface area contributed by atoms with E-state index >= 15 is 0 Å². The molecule has 0 saturated carbocycles. The Morgan fingerprint density at radius 3 is 1.71 bits per heavy atom. The zero-order valence-corrected chi connectivity index (χ0v) is 16.1. The number of unbranched alkanes of at least 4 members (excludes halogenated alkanes) is 7. The lowest BCUT2D eigenvalue weighted by Crippen LogP contribution is -2.23. The Morgan fingerprint density at radius 2 is 1.29 bits per heavy atom. The standard InChI is InChI=1S/C19H35ClO4/c1-15(13-18(21)22)11-9-7-5-3-4-6-8-10-12-16(2)17(14-20)19(23)24/h15-17H,3-14H2,1-2H3,(H,21,22)(H,23,24). The first-order chi connectivity index (χ1) is 11.4. The van der Waals surface area contributed by atoms with Gasteiger partial charge in [-0.25, -0.2) is 0 Å². The molecular weight excluding hydrogens is 328 g/mol. The summed E-state index contributed by atoms with van der Waals surface area (Å²) in [7, 11) is 0. The van der Waals surface area contributed by atoms with Crippen LogP contribution in [0.5, 0.6) is 0 Å². The quantitative estimate of drug-likeness (QED) is 0.278. The molecule has 3 unspecified atom stereocenters. The van der Waals surface area contributed by atoms with Gasteiger partial charge < -0.3 is 10.2 Å². The number of carboxylic acid groups (broad SMARTS) is 2. The number of alkyl halides is 1. The lowest BCUT2D eigenvalue weighted by molar-refractivity contribution is -0.142. The van der Waals surface area contributed by atoms with Gasteiger partial charge in [-0.1, -0.05) is 71.6 Å². The van der Waals surface area contributed by atoms with E-state index in [1.165, 1.54) is 32.1 Å². The highest BCUT2D eigenvalue weighted by Gasteiger charge is 2.22. The Hall–Kier alpha value is -0.770. The van der Waals surface area contributed by atoms with Crippen LogP contribution in [0.2, 0.25) is 0 Å². The number of carboxylic acids is 2. The third kappa shape index (κ3) is 12.6. The molecule has 0 saturated heterocycles. The maximum atomic E-state index is 11.0. The molecule has 5 heteroatoms. The Bertz CT molecular complexity index is 346. The van der Waals surface area contributed by atoms with Crippen molar-refractivity contribution in [3.8, 4) is 0 Å². The van der Waals surface area contributed by atoms with Crippen LogP contribution in [0.4, 0.5) is 0 Å². The van der Waals surface area contributed by atoms with Crippen molar-refractivity contribution in [3.05, 3.63) is 0 Å². The SMILES string of the molecule is CC(CCCCCCCCCCC(C)C(CCl)C(=O)O)CC(=O)O. The number of carbonyl (C=O) groups is 2. The molecule has 0 aromatic rings. The Kier molecular flexibility index (Phi) is 14.1. The van der Waals surface area contributed by atoms with Gasteiger partial charge in [0.2, 0.25) is 0 Å². The van der Waals surface area contributed by atoms with Crippen LogP contribution in [0.1, 0.15) is 84.5 Å². The van der Waals surface area contributed by atoms with Crippen molar-refractivity contribution in [2.45, 2.75) is 84.5 Å². The fraction of sp³-hybridized carbons (Fsp3) is 0.895. The number of aliphatic carboxylic acids is 2. The van der Waals surface area contributed by atoms with Gasteiger partial charge in [-0.2, -0.15) is 0 Å². The summed E-state index contributed by atoms with van der Waals surface area (Å²) in [5.41, 5.74) is 0. The van der Waals surface area contributed by atoms with Crippen molar-refractivity contribution in [1.82, 2.24) is 0 Å². The van der Waals surface area contributed by atoms with Gasteiger partial charge in [0, 0.05) is 12.3 Å². The van der Waals surface area contributed by atoms with Crippen LogP contribution in [-0.4, -0.2) is 28.0 Å². The largest absolute Gasteiger partial charge is 0.481 e. The Morgan fingerprint density at radius 1 is 0.833 bits per heavy atom. The molecular formula is C19H35ClO4. The van der Waals surface area contributed by atoms with Crippen molar-refractivity contribution >= 4 is 23.5 Å². The van der Waals surface area contributed by atoms with Crippen LogP contribution in [-0.2, 0) is 9.59 Å². The zero-order valence-electron chi connectivity index (χ0n) is 15.3. The van der Waals surface area contributed by atoms with E-state index < -0.39 is 17.9 Å². The van der Waals surface area contributed by atoms with Gasteiger partial charge in [-0.3, -0.25) is 9.59 Å². The van der Waals surface area contributed by atoms with Gasteiger partial charge in [0.05, 0.1) is 5.92 Å². The smallest absolute Gasteiger partial charge is 0.307 e. The molecule has 0 spiro atoms. The van der Waals surface area contributed by atoms with Gasteiger partial charge in [0.25, 0.3) is 0 Å². The summed E-state index contributed by atoms with van der Waals surface area (Å²) in [5, 5.41) is 17.7. The summed E-state index contributed by atoms with van der Waals surface area (Å²) in [6.07, 6.45) is 11.7. The molecule has 4 nitrogen and oxygen atoms in total. The fourth-order valence-electron chi connectivity index (χ4n) is 3.08. The van der Waals surface area contributed by atoms with Crippen LogP contribution in [0.25, 0.3) is 0 Å². The second-order valence-electron chi connectivity index (χ2n) is 7.19. The molecule has 0 aromatic carbocycles. The summed E-state index contributed by atoms with van der Waals surface area (Å²) >= 11 is 5.71. The van der Waals surface area contributed by atoms with Crippen molar-refractivity contribution < 1.29 is 19.8 Å². The maximum Gasteiger partial charge on any atom is 0.307 e. The van der Waals surface area contributed by atoms with Crippen molar-refractivity contribution in [2.24, 2.45) is 17.8 Å². The number of rotatable bonds is 16. The molecule has 0 radical (unpaired) electrons. The number of hydrogen-bond acceptors (Lipinski definition) is 2. The van der Waals surface area contributed by atoms with E-state index in [4.69, 9.17) is 21.8 Å². The van der Waals surface area contributed by atoms with Gasteiger partial charge >= 0.3 is 11.9 Å². The summed E-state index contributed by atoms with van der Waals surface area (Å²) in [4.78, 5) is 21.6. The Balaban J connectivity index is 3.42. The third-order valence-electron chi connectivity index (χ3n) is 4.80. The first-order valence-electron chi connectivity index (χ1n) is 9.39. The molecule has 2 N–H and O–H groups in total. The van der Waals surface area contributed by atoms with E-state index in [2.05, 4.69) is 0 Å². The summed E-state index contributed by atoms with van der Waals surface area (Å²) < 4.78 is 0. The molecule has 0 aliphatic carbocycles. The lowest BCUT2D eigenvalue weighted by Gasteiger charge is -2.17. The van der Waals surface area contributed by atoms with Crippen LogP contribution in [0, 0.1) is 17.8 Å². The average molecular weight is 363 g/mol. The average Bonchev–Trinajstić information content (AvgIpc) is 2.48. The van der Waals surface area contributed by atoms with Crippen LogP contribution in [0.15, 0.2) is 0 Å². The summed E-state index contributed by atoms with van der Waals surface area (Å²) in [5.74, 6) is -1.27. The van der Waals surface area contributed by atoms with Crippen LogP contribution >= 0.6 is 11.6 Å². The molecule has 0 aliphatic heterocycles. The number of hydrogen-bond donors (Lipinski definition) is 2. The number of halogens is 1. The highest BCUT2D eigenvalue weighted by molar-refractivity contribution is 6.19. The molecule has 0 amide bonds. The van der Waals surface area contributed by atoms with E-state index in [0.717, 1.165) is 32.1 Å². The molecule has 3 atom stereocenters. The summed E-state index contributed by atoms with van der Waals surface area (Å²) in [6.45, 7) is 3.99. The molecule has 0 heterocycles. The normalized spacial score (nSPS) is 15.0. The Labute approximate surface area is 152 Å². The molecule has 0 fully saturated rings. The molecule has 24 heavy (non-hydrogen) atoms. The lowest BCUT2D eigenvalue weighted by atomic mass is 9.90. The van der Waals surface area contributed by atoms with E-state index in [-0.39, 0.29) is 24.1 Å². The summed E-state index contributed by atoms with van der Waals surface area (Å²) in [6, 6.07) is 0. The molecule has 0 bridgehead atoms. The van der Waals surface area contributed by atoms with Crippen molar-refractivity contribution in [2.75, 3.05) is 5.88 Å². The minimum Gasteiger partial charge on any atom is -0.481 e. The minimum atomic E-state index is -0.782. The molecule has 0 aromatic heterocycles. The first-order valence-corrected chi connectivity index (χ1v) is 9.92. The predicted octanol–water partition coefficient (Wildman–Crippen LogP) is 5.57. The second kappa shape index (κ2) is 14.6. The maximum absolute atomic E-state index is 11.0. The minimum absolute atomic E-state index is 0.146. The highest BCUT2D eigenvalue weighted by atomic mass is 35.5. The highest BCUT2D eigenvalue weighted by Crippen LogP contribution is 2.21. The van der Waals surface area contributed by atoms with Gasteiger partial charge in [-0.05, 0) is 18.3 Å².